The van der Waals surface area contributed by atoms with Gasteiger partial charge in [-0.2, -0.15) is 5.26 Å². The van der Waals surface area contributed by atoms with Crippen LogP contribution < -0.4 is 14.8 Å². The molecule has 0 aromatic heterocycles. The van der Waals surface area contributed by atoms with Crippen molar-refractivity contribution in [2.75, 3.05) is 19.0 Å². The number of nitriles is 1. The largest absolute Gasteiger partial charge is 0.493 e. The normalized spacial score (nSPS) is 10.9. The molecule has 8 nitrogen and oxygen atoms in total. The molecule has 0 unspecified atom stereocenters. The van der Waals surface area contributed by atoms with Crippen LogP contribution in [0.3, 0.4) is 0 Å². The topological polar surface area (TPSA) is 114 Å². The summed E-state index contributed by atoms with van der Waals surface area (Å²) < 4.78 is 11.0. The Hall–Kier alpha value is -5.16. The smallest absolute Gasteiger partial charge is 0.271 e. The van der Waals surface area contributed by atoms with Gasteiger partial charge in [-0.05, 0) is 40.6 Å². The zero-order valence-corrected chi connectivity index (χ0v) is 19.3. The molecule has 4 rings (SSSR count). The third-order valence-corrected chi connectivity index (χ3v) is 5.40. The van der Waals surface area contributed by atoms with E-state index in [1.807, 2.05) is 42.5 Å². The average Bonchev–Trinajstić information content (AvgIpc) is 2.90. The fraction of sp³-hybridized carbons (Fsp3) is 0.0714. The summed E-state index contributed by atoms with van der Waals surface area (Å²) >= 11 is 0. The summed E-state index contributed by atoms with van der Waals surface area (Å²) in [5.74, 6) is 0.249. The van der Waals surface area contributed by atoms with Gasteiger partial charge in [0.25, 0.3) is 11.6 Å². The summed E-state index contributed by atoms with van der Waals surface area (Å²) in [6.45, 7) is -0.326. The third-order valence-electron chi connectivity index (χ3n) is 5.40. The number of carbonyl (C=O) groups is 1. The van der Waals surface area contributed by atoms with Gasteiger partial charge in [0.05, 0.1) is 23.7 Å². The number of hydrogen-bond donors (Lipinski definition) is 1. The number of methoxy groups -OCH3 is 1. The number of allylic oxidation sites excluding steroid dienone is 1. The van der Waals surface area contributed by atoms with Gasteiger partial charge in [0, 0.05) is 23.4 Å². The van der Waals surface area contributed by atoms with Crippen LogP contribution in [0.5, 0.6) is 11.5 Å². The number of non-ortho nitro benzene ring substituents is 1. The van der Waals surface area contributed by atoms with Crippen molar-refractivity contribution in [1.29, 1.82) is 5.26 Å². The molecule has 36 heavy (non-hydrogen) atoms. The molecule has 4 aromatic rings. The van der Waals surface area contributed by atoms with E-state index in [1.165, 1.54) is 25.3 Å². The molecule has 0 aliphatic heterocycles. The zero-order chi connectivity index (χ0) is 25.5. The van der Waals surface area contributed by atoms with E-state index < -0.39 is 10.8 Å². The number of carbonyl (C=O) groups excluding carboxylic acids is 1. The summed E-state index contributed by atoms with van der Waals surface area (Å²) in [7, 11) is 1.48. The molecule has 0 bridgehead atoms. The SMILES string of the molecule is COc1cc(/C=C(\C#N)c2cccc3ccccc23)ccc1OCC(=O)Nc1cccc([N+](=O)[O-])c1. The maximum absolute atomic E-state index is 12.3. The van der Waals surface area contributed by atoms with Gasteiger partial charge in [0.2, 0.25) is 0 Å². The van der Waals surface area contributed by atoms with Gasteiger partial charge in [0.15, 0.2) is 18.1 Å². The Morgan fingerprint density at radius 3 is 2.58 bits per heavy atom. The lowest BCUT2D eigenvalue weighted by Crippen LogP contribution is -2.20. The van der Waals surface area contributed by atoms with Gasteiger partial charge in [-0.1, -0.05) is 54.6 Å². The number of nitrogens with zero attached hydrogens (tertiary/aromatic N) is 2. The highest BCUT2D eigenvalue weighted by atomic mass is 16.6. The van der Waals surface area contributed by atoms with Crippen LogP contribution in [-0.4, -0.2) is 24.5 Å². The first-order valence-corrected chi connectivity index (χ1v) is 10.9. The third kappa shape index (κ3) is 5.48. The van der Waals surface area contributed by atoms with Gasteiger partial charge in [-0.3, -0.25) is 14.9 Å². The van der Waals surface area contributed by atoms with Crippen molar-refractivity contribution in [2.24, 2.45) is 0 Å². The predicted octanol–water partition coefficient (Wildman–Crippen LogP) is 5.84. The van der Waals surface area contributed by atoms with Gasteiger partial charge < -0.3 is 14.8 Å². The number of fused-ring (bicyclic) bond motifs is 1. The number of ether oxygens (including phenoxy) is 2. The number of nitro groups is 1. The van der Waals surface area contributed by atoms with E-state index in [0.717, 1.165) is 21.9 Å². The van der Waals surface area contributed by atoms with Crippen molar-refractivity contribution in [3.63, 3.8) is 0 Å². The lowest BCUT2D eigenvalue weighted by Gasteiger charge is -2.12. The molecule has 0 fully saturated rings. The van der Waals surface area contributed by atoms with E-state index in [9.17, 15) is 20.2 Å². The molecule has 0 spiro atoms. The fourth-order valence-corrected chi connectivity index (χ4v) is 3.73. The molecule has 4 aromatic carbocycles. The Morgan fingerprint density at radius 1 is 1.03 bits per heavy atom. The van der Waals surface area contributed by atoms with E-state index in [1.54, 1.807) is 30.3 Å². The van der Waals surface area contributed by atoms with Crippen LogP contribution in [0.2, 0.25) is 0 Å². The van der Waals surface area contributed by atoms with Crippen LogP contribution in [0, 0.1) is 21.4 Å². The number of anilines is 1. The highest BCUT2D eigenvalue weighted by molar-refractivity contribution is 6.01. The molecule has 0 radical (unpaired) electrons. The summed E-state index contributed by atoms with van der Waals surface area (Å²) in [6, 6.07) is 26.7. The maximum atomic E-state index is 12.3. The van der Waals surface area contributed by atoms with Crippen molar-refractivity contribution in [3.05, 3.63) is 106 Å². The Balaban J connectivity index is 1.50. The van der Waals surface area contributed by atoms with Crippen LogP contribution in [0.4, 0.5) is 11.4 Å². The van der Waals surface area contributed by atoms with Gasteiger partial charge in [-0.25, -0.2) is 0 Å². The number of hydrogen-bond acceptors (Lipinski definition) is 6. The van der Waals surface area contributed by atoms with E-state index in [4.69, 9.17) is 9.47 Å². The van der Waals surface area contributed by atoms with E-state index in [0.29, 0.717) is 22.8 Å². The minimum absolute atomic E-state index is 0.126. The zero-order valence-electron chi connectivity index (χ0n) is 19.3. The molecular formula is C28H21N3O5. The summed E-state index contributed by atoms with van der Waals surface area (Å²) in [4.78, 5) is 22.7. The van der Waals surface area contributed by atoms with Crippen LogP contribution in [-0.2, 0) is 4.79 Å². The first-order valence-electron chi connectivity index (χ1n) is 10.9. The molecule has 0 saturated heterocycles. The van der Waals surface area contributed by atoms with Crippen molar-refractivity contribution < 1.29 is 19.2 Å². The van der Waals surface area contributed by atoms with Crippen LogP contribution >= 0.6 is 0 Å². The molecule has 1 amide bonds. The number of rotatable bonds is 8. The first-order chi connectivity index (χ1) is 17.5. The van der Waals surface area contributed by atoms with E-state index >= 15 is 0 Å². The molecule has 8 heteroatoms. The van der Waals surface area contributed by atoms with Gasteiger partial charge in [0.1, 0.15) is 0 Å². The Labute approximate surface area is 207 Å². The molecule has 0 heterocycles. The summed E-state index contributed by atoms with van der Waals surface area (Å²) in [6.07, 6.45) is 1.77. The molecule has 178 valence electrons. The Kier molecular flexibility index (Phi) is 7.22. The number of benzene rings is 4. The molecule has 1 N–H and O–H groups in total. The predicted molar refractivity (Wildman–Crippen MR) is 138 cm³/mol. The number of amides is 1. The quantitative estimate of drug-likeness (QED) is 0.147. The second-order valence-corrected chi connectivity index (χ2v) is 7.75. The fourth-order valence-electron chi connectivity index (χ4n) is 3.73. The second kappa shape index (κ2) is 10.8. The standard InChI is InChI=1S/C28H21N3O5/c1-35-27-15-19(14-21(17-29)25-11-4-7-20-6-2-3-10-24(20)25)12-13-26(27)36-18-28(32)30-22-8-5-9-23(16-22)31(33)34/h2-16H,18H2,1H3,(H,30,32)/b21-14+. The lowest BCUT2D eigenvalue weighted by atomic mass is 9.97. The molecule has 0 aliphatic rings. The van der Waals surface area contributed by atoms with Crippen molar-refractivity contribution in [2.45, 2.75) is 0 Å². The van der Waals surface area contributed by atoms with Crippen LogP contribution in [0.25, 0.3) is 22.4 Å². The summed E-state index contributed by atoms with van der Waals surface area (Å²) in [5, 5.41) is 25.3. The highest BCUT2D eigenvalue weighted by Crippen LogP contribution is 2.31. The number of nitrogens with one attached hydrogen (secondary N) is 1. The monoisotopic (exact) mass is 479 g/mol. The molecule has 0 saturated carbocycles. The Morgan fingerprint density at radius 2 is 1.81 bits per heavy atom. The first kappa shape index (κ1) is 24.0. The van der Waals surface area contributed by atoms with Crippen LogP contribution in [0.15, 0.2) is 84.9 Å². The van der Waals surface area contributed by atoms with Crippen molar-refractivity contribution in [3.8, 4) is 17.6 Å². The minimum atomic E-state index is -0.537. The Bertz CT molecular complexity index is 1520. The highest BCUT2D eigenvalue weighted by Gasteiger charge is 2.12. The van der Waals surface area contributed by atoms with E-state index in [-0.39, 0.29) is 12.3 Å². The lowest BCUT2D eigenvalue weighted by molar-refractivity contribution is -0.384. The van der Waals surface area contributed by atoms with Crippen molar-refractivity contribution >= 4 is 39.7 Å². The number of nitro benzene ring substituents is 1. The van der Waals surface area contributed by atoms with Gasteiger partial charge in [-0.15, -0.1) is 0 Å². The minimum Gasteiger partial charge on any atom is -0.493 e. The molecule has 0 aliphatic carbocycles. The van der Waals surface area contributed by atoms with Crippen LogP contribution in [0.1, 0.15) is 11.1 Å². The summed E-state index contributed by atoms with van der Waals surface area (Å²) in [5.41, 5.74) is 2.22. The van der Waals surface area contributed by atoms with Gasteiger partial charge >= 0.3 is 0 Å². The van der Waals surface area contributed by atoms with Crippen molar-refractivity contribution in [1.82, 2.24) is 0 Å². The van der Waals surface area contributed by atoms with E-state index in [2.05, 4.69) is 11.4 Å². The average molecular weight is 479 g/mol. The molecular weight excluding hydrogens is 458 g/mol. The maximum Gasteiger partial charge on any atom is 0.271 e. The molecule has 0 atom stereocenters. The second-order valence-electron chi connectivity index (χ2n) is 7.75.